The normalized spacial score (nSPS) is 17.1. The number of hydrogen-bond donors (Lipinski definition) is 3. The molecule has 8 nitrogen and oxygen atoms in total. The number of benzene rings is 2. The second-order valence-electron chi connectivity index (χ2n) is 7.18. The number of aliphatic carboxylic acids is 1. The lowest BCUT2D eigenvalue weighted by molar-refractivity contribution is -0.140. The number of carbonyl (C=O) groups is 3. The third kappa shape index (κ3) is 4.96. The number of carboxylic acids is 1. The lowest BCUT2D eigenvalue weighted by atomic mass is 10.0. The van der Waals surface area contributed by atoms with E-state index in [9.17, 15) is 19.5 Å². The van der Waals surface area contributed by atoms with Crippen LogP contribution in [0.4, 0.5) is 10.5 Å². The van der Waals surface area contributed by atoms with Crippen molar-refractivity contribution in [2.75, 3.05) is 4.90 Å². The van der Waals surface area contributed by atoms with Gasteiger partial charge in [-0.25, -0.2) is 4.79 Å². The number of para-hydroxylation sites is 1. The molecule has 1 unspecified atom stereocenters. The fourth-order valence-electron chi connectivity index (χ4n) is 3.64. The Bertz CT molecular complexity index is 917. The molecule has 0 saturated carbocycles. The van der Waals surface area contributed by atoms with Crippen LogP contribution in [0.5, 0.6) is 0 Å². The summed E-state index contributed by atoms with van der Waals surface area (Å²) in [5.74, 6) is -1.50. The molecule has 3 atom stereocenters. The van der Waals surface area contributed by atoms with Gasteiger partial charge in [-0.1, -0.05) is 48.5 Å². The second-order valence-corrected chi connectivity index (χ2v) is 7.18. The van der Waals surface area contributed by atoms with Crippen molar-refractivity contribution >= 4 is 23.7 Å². The Labute approximate surface area is 174 Å². The summed E-state index contributed by atoms with van der Waals surface area (Å²) < 4.78 is 4.91. The number of carbonyl (C=O) groups excluding carboxylic acids is 1. The van der Waals surface area contributed by atoms with Crippen molar-refractivity contribution in [3.63, 3.8) is 0 Å². The maximum absolute atomic E-state index is 13.1. The molecular weight excluding hydrogens is 388 g/mol. The van der Waals surface area contributed by atoms with E-state index in [4.69, 9.17) is 9.84 Å². The highest BCUT2D eigenvalue weighted by atomic mass is 16.7. The summed E-state index contributed by atoms with van der Waals surface area (Å²) in [7, 11) is 0. The van der Waals surface area contributed by atoms with E-state index in [-0.39, 0.29) is 6.42 Å². The van der Waals surface area contributed by atoms with E-state index in [1.54, 1.807) is 31.2 Å². The van der Waals surface area contributed by atoms with Gasteiger partial charge in [0.05, 0.1) is 11.7 Å². The van der Waals surface area contributed by atoms with Crippen LogP contribution in [-0.2, 0) is 27.2 Å². The molecule has 8 heteroatoms. The third-order valence-corrected chi connectivity index (χ3v) is 5.09. The lowest BCUT2D eigenvalue weighted by Gasteiger charge is -2.28. The van der Waals surface area contributed by atoms with Crippen LogP contribution in [0.25, 0.3) is 0 Å². The van der Waals surface area contributed by atoms with Crippen LogP contribution < -0.4 is 10.2 Å². The van der Waals surface area contributed by atoms with E-state index in [1.807, 2.05) is 30.3 Å². The second kappa shape index (κ2) is 9.41. The molecule has 30 heavy (non-hydrogen) atoms. The number of anilines is 1. The highest BCUT2D eigenvalue weighted by molar-refractivity contribution is 5.99. The fraction of sp³-hybridized carbons (Fsp3) is 0.318. The predicted molar refractivity (Wildman–Crippen MR) is 109 cm³/mol. The summed E-state index contributed by atoms with van der Waals surface area (Å²) in [5, 5.41) is 21.5. The topological polar surface area (TPSA) is 116 Å². The van der Waals surface area contributed by atoms with Gasteiger partial charge in [-0.2, -0.15) is 0 Å². The summed E-state index contributed by atoms with van der Waals surface area (Å²) in [6, 6.07) is 14.8. The van der Waals surface area contributed by atoms with Crippen LogP contribution in [0, 0.1) is 0 Å². The Morgan fingerprint density at radius 2 is 1.77 bits per heavy atom. The van der Waals surface area contributed by atoms with Gasteiger partial charge < -0.3 is 14.9 Å². The molecule has 1 aliphatic rings. The zero-order valence-corrected chi connectivity index (χ0v) is 16.5. The minimum atomic E-state index is -1.47. The summed E-state index contributed by atoms with van der Waals surface area (Å²) in [5.41, 5.74) is 2.37. The highest BCUT2D eigenvalue weighted by Gasteiger charge is 2.38. The number of amides is 1. The number of nitrogens with one attached hydrogen (secondary N) is 1. The van der Waals surface area contributed by atoms with Crippen molar-refractivity contribution in [3.05, 3.63) is 65.7 Å². The molecule has 0 aliphatic carbocycles. The maximum Gasteiger partial charge on any atom is 0.507 e. The van der Waals surface area contributed by atoms with Gasteiger partial charge in [0, 0.05) is 6.42 Å². The van der Waals surface area contributed by atoms with Gasteiger partial charge in [0.25, 0.3) is 0 Å². The highest BCUT2D eigenvalue weighted by Crippen LogP contribution is 2.33. The molecule has 0 aromatic heterocycles. The van der Waals surface area contributed by atoms with Gasteiger partial charge in [-0.3, -0.25) is 19.8 Å². The van der Waals surface area contributed by atoms with E-state index >= 15 is 0 Å². The van der Waals surface area contributed by atoms with Crippen molar-refractivity contribution in [3.8, 4) is 0 Å². The zero-order valence-electron chi connectivity index (χ0n) is 16.5. The number of carboxylic acid groups (broad SMARTS) is 2. The number of rotatable bonds is 8. The predicted octanol–water partition coefficient (Wildman–Crippen LogP) is 2.66. The summed E-state index contributed by atoms with van der Waals surface area (Å²) >= 11 is 0. The van der Waals surface area contributed by atoms with Gasteiger partial charge in [0.2, 0.25) is 5.91 Å². The smallest absolute Gasteiger partial charge is 0.480 e. The quantitative estimate of drug-likeness (QED) is 0.571. The van der Waals surface area contributed by atoms with Gasteiger partial charge in [-0.15, -0.1) is 0 Å². The monoisotopic (exact) mass is 412 g/mol. The van der Waals surface area contributed by atoms with Crippen molar-refractivity contribution in [2.45, 2.75) is 44.5 Å². The van der Waals surface area contributed by atoms with E-state index in [0.29, 0.717) is 18.5 Å². The Morgan fingerprint density at radius 1 is 1.10 bits per heavy atom. The first-order valence-corrected chi connectivity index (χ1v) is 9.70. The SMILES string of the molecule is C[C@H](NC(CCc1ccccc1)C(=O)O)C(=O)N1c2ccccc2C[C@@H]1OC(=O)O. The number of ether oxygens (including phenoxy) is 1. The van der Waals surface area contributed by atoms with Gasteiger partial charge in [0.15, 0.2) is 6.23 Å². The Balaban J connectivity index is 1.71. The fourth-order valence-corrected chi connectivity index (χ4v) is 3.64. The molecule has 0 saturated heterocycles. The molecule has 158 valence electrons. The molecule has 2 aromatic carbocycles. The van der Waals surface area contributed by atoms with Crippen LogP contribution in [0.3, 0.4) is 0 Å². The molecule has 3 rings (SSSR count). The van der Waals surface area contributed by atoms with E-state index in [2.05, 4.69) is 5.32 Å². The number of nitrogens with zero attached hydrogens (tertiary/aromatic N) is 1. The van der Waals surface area contributed by atoms with E-state index < -0.39 is 36.3 Å². The standard InChI is InChI=1S/C22H24N2O6/c1-14(23-17(21(26)27)12-11-15-7-3-2-4-8-15)20(25)24-18-10-6-5-9-16(18)13-19(24)30-22(28)29/h2-10,14,17,19,23H,11-13H2,1H3,(H,26,27)(H,28,29)/t14-,17?,19-/m0/s1. The molecule has 0 radical (unpaired) electrons. The number of fused-ring (bicyclic) bond motifs is 1. The average Bonchev–Trinajstić information content (AvgIpc) is 3.07. The number of aryl methyl sites for hydroxylation is 1. The number of hydrogen-bond acceptors (Lipinski definition) is 5. The van der Waals surface area contributed by atoms with Crippen LogP contribution in [0.15, 0.2) is 54.6 Å². The van der Waals surface area contributed by atoms with Gasteiger partial charge >= 0.3 is 12.1 Å². The van der Waals surface area contributed by atoms with Crippen molar-refractivity contribution in [2.24, 2.45) is 0 Å². The first kappa shape index (κ1) is 21.3. The van der Waals surface area contributed by atoms with E-state index in [1.165, 1.54) is 4.90 Å². The van der Waals surface area contributed by atoms with Crippen LogP contribution in [0.1, 0.15) is 24.5 Å². The molecule has 2 aromatic rings. The minimum absolute atomic E-state index is 0.247. The molecule has 1 amide bonds. The summed E-state index contributed by atoms with van der Waals surface area (Å²) in [6.45, 7) is 1.57. The lowest BCUT2D eigenvalue weighted by Crippen LogP contribution is -2.53. The van der Waals surface area contributed by atoms with Crippen molar-refractivity contribution < 1.29 is 29.3 Å². The van der Waals surface area contributed by atoms with Crippen LogP contribution >= 0.6 is 0 Å². The van der Waals surface area contributed by atoms with Crippen LogP contribution in [-0.4, -0.2) is 46.6 Å². The molecule has 1 heterocycles. The average molecular weight is 412 g/mol. The minimum Gasteiger partial charge on any atom is -0.480 e. The summed E-state index contributed by atoms with van der Waals surface area (Å²) in [6.07, 6.45) is -1.36. The molecule has 1 aliphatic heterocycles. The van der Waals surface area contributed by atoms with Crippen molar-refractivity contribution in [1.29, 1.82) is 0 Å². The molecule has 0 spiro atoms. The Morgan fingerprint density at radius 3 is 2.43 bits per heavy atom. The molecule has 0 bridgehead atoms. The maximum atomic E-state index is 13.1. The first-order valence-electron chi connectivity index (χ1n) is 9.70. The van der Waals surface area contributed by atoms with E-state index in [0.717, 1.165) is 11.1 Å². The van der Waals surface area contributed by atoms with Crippen molar-refractivity contribution in [1.82, 2.24) is 5.32 Å². The molecular formula is C22H24N2O6. The van der Waals surface area contributed by atoms with Gasteiger partial charge in [-0.05, 0) is 37.0 Å². The largest absolute Gasteiger partial charge is 0.507 e. The van der Waals surface area contributed by atoms with Gasteiger partial charge in [0.1, 0.15) is 6.04 Å². The first-order chi connectivity index (χ1) is 14.4. The zero-order chi connectivity index (χ0) is 21.7. The van der Waals surface area contributed by atoms with Crippen LogP contribution in [0.2, 0.25) is 0 Å². The third-order valence-electron chi connectivity index (χ3n) is 5.09. The Hall–Kier alpha value is -3.39. The summed E-state index contributed by atoms with van der Waals surface area (Å²) in [4.78, 5) is 37.2. The molecule has 0 fully saturated rings. The molecule has 3 N–H and O–H groups in total. The Kier molecular flexibility index (Phi) is 6.68.